The van der Waals surface area contributed by atoms with Gasteiger partial charge in [0.15, 0.2) is 11.3 Å². The van der Waals surface area contributed by atoms with E-state index >= 15 is 0 Å². The summed E-state index contributed by atoms with van der Waals surface area (Å²) in [5.41, 5.74) is 1.80. The number of para-hydroxylation sites is 2. The predicted molar refractivity (Wildman–Crippen MR) is 66.9 cm³/mol. The third kappa shape index (κ3) is 1.90. The molecule has 3 rings (SSSR count). The summed E-state index contributed by atoms with van der Waals surface area (Å²) < 4.78 is 5.50. The van der Waals surface area contributed by atoms with E-state index in [9.17, 15) is 5.11 Å². The van der Waals surface area contributed by atoms with Gasteiger partial charge in [0, 0.05) is 6.20 Å². The maximum Gasteiger partial charge on any atom is 2.00 e. The number of hydrogen-bond acceptors (Lipinski definition) is 4. The van der Waals surface area contributed by atoms with E-state index < -0.39 is 0 Å². The molecule has 0 fully saturated rings. The summed E-state index contributed by atoms with van der Waals surface area (Å²) in [7, 11) is 0. The molecule has 0 unspecified atom stereocenters. The van der Waals surface area contributed by atoms with E-state index in [1.165, 1.54) is 0 Å². The second-order valence-corrected chi connectivity index (χ2v) is 3.36. The number of aromatic hydroxyl groups is 1. The summed E-state index contributed by atoms with van der Waals surface area (Å²) in [5.74, 6) is 0.397. The van der Waals surface area contributed by atoms with E-state index in [0.717, 1.165) is 5.52 Å². The molecule has 4 nitrogen and oxygen atoms in total. The van der Waals surface area contributed by atoms with E-state index in [1.54, 1.807) is 18.3 Å². The van der Waals surface area contributed by atoms with Crippen LogP contribution in [0.3, 0.4) is 0 Å². The maximum atomic E-state index is 9.63. The predicted octanol–water partition coefficient (Wildman–Crippen LogP) is 2.44. The van der Waals surface area contributed by atoms with E-state index in [-0.39, 0.29) is 18.7 Å². The normalized spacial score (nSPS) is 10.1. The van der Waals surface area contributed by atoms with Gasteiger partial charge in [-0.15, -0.1) is 0 Å². The van der Waals surface area contributed by atoms with Gasteiger partial charge in [-0.25, -0.2) is 9.97 Å². The molecule has 0 spiro atoms. The number of aromatic nitrogens is 2. The van der Waals surface area contributed by atoms with Crippen LogP contribution in [0.5, 0.6) is 5.75 Å². The first-order valence-corrected chi connectivity index (χ1v) is 4.84. The zero-order valence-electron chi connectivity index (χ0n) is 11.0. The molecule has 82 valence electrons. The summed E-state index contributed by atoms with van der Waals surface area (Å²) in [6, 6.07) is 10.6. The second kappa shape index (κ2) is 4.35. The smallest absolute Gasteiger partial charge is 1.00 e. The number of pyridine rings is 1. The van der Waals surface area contributed by atoms with Crippen LogP contribution in [-0.2, 0) is 0 Å². The van der Waals surface area contributed by atoms with Gasteiger partial charge in [0.25, 0.3) is 0 Å². The summed E-state index contributed by atoms with van der Waals surface area (Å²) in [6.45, 7) is 0. The van der Waals surface area contributed by atoms with Crippen molar-refractivity contribution in [3.05, 3.63) is 42.6 Å². The van der Waals surface area contributed by atoms with E-state index in [4.69, 9.17) is 4.42 Å². The molecule has 2 aromatic heterocycles. The molecule has 0 amide bonds. The number of fused-ring (bicyclic) bond motifs is 1. The Morgan fingerprint density at radius 2 is 1.94 bits per heavy atom. The topological polar surface area (TPSA) is 59.2 Å². The van der Waals surface area contributed by atoms with Crippen LogP contribution in [0.2, 0.25) is 0 Å². The summed E-state index contributed by atoms with van der Waals surface area (Å²) in [5, 5.41) is 9.63. The van der Waals surface area contributed by atoms with Crippen molar-refractivity contribution in [3.8, 4) is 17.3 Å². The van der Waals surface area contributed by atoms with Crippen LogP contribution in [0.1, 0.15) is 2.85 Å². The summed E-state index contributed by atoms with van der Waals surface area (Å²) in [6.07, 6.45) is 1.59. The molecule has 1 aromatic carbocycles. The Kier molecular flexibility index (Phi) is 2.89. The van der Waals surface area contributed by atoms with E-state index in [0.29, 0.717) is 17.2 Å². The largest absolute Gasteiger partial charge is 2.00 e. The Morgan fingerprint density at radius 3 is 2.71 bits per heavy atom. The number of benzene rings is 1. The van der Waals surface area contributed by atoms with Gasteiger partial charge >= 0.3 is 10.1 Å². The van der Waals surface area contributed by atoms with Crippen molar-refractivity contribution < 1.29 is 12.4 Å². The number of rotatable bonds is 1. The van der Waals surface area contributed by atoms with Gasteiger partial charge < -0.3 is 12.4 Å². The summed E-state index contributed by atoms with van der Waals surface area (Å²) in [4.78, 5) is 8.29. The molecule has 0 aliphatic rings. The third-order valence-corrected chi connectivity index (χ3v) is 2.28. The zero-order chi connectivity index (χ0) is 11.0. The van der Waals surface area contributed by atoms with E-state index in [1.807, 2.05) is 24.3 Å². The fourth-order valence-corrected chi connectivity index (χ4v) is 1.54. The molecule has 0 aliphatic heterocycles. The van der Waals surface area contributed by atoms with Crippen molar-refractivity contribution in [2.24, 2.45) is 0 Å². The molecule has 17 heavy (non-hydrogen) atoms. The first-order chi connectivity index (χ1) is 7.84. The molecule has 0 atom stereocenters. The van der Waals surface area contributed by atoms with Crippen LogP contribution in [0, 0.1) is 0 Å². The van der Waals surface area contributed by atoms with Crippen molar-refractivity contribution >= 4 is 21.2 Å². The molecule has 0 bridgehead atoms. The quantitative estimate of drug-likeness (QED) is 0.644. The van der Waals surface area contributed by atoms with Gasteiger partial charge in [-0.1, -0.05) is 12.1 Å². The monoisotopic (exact) mass is 223 g/mol. The maximum absolute atomic E-state index is 9.63. The average Bonchev–Trinajstić information content (AvgIpc) is 2.73. The first kappa shape index (κ1) is 11.3. The summed E-state index contributed by atoms with van der Waals surface area (Å²) >= 11 is 0. The van der Waals surface area contributed by atoms with Crippen LogP contribution >= 0.6 is 0 Å². The molecule has 3 aromatic rings. The first-order valence-electron chi connectivity index (χ1n) is 4.84. The van der Waals surface area contributed by atoms with Crippen molar-refractivity contribution in [1.29, 1.82) is 0 Å². The zero-order valence-corrected chi connectivity index (χ0v) is 9.00. The molecule has 2 heterocycles. The Morgan fingerprint density at radius 1 is 1.12 bits per heavy atom. The Labute approximate surface area is 104 Å². The molecule has 0 saturated carbocycles. The van der Waals surface area contributed by atoms with E-state index in [2.05, 4.69) is 9.97 Å². The molecule has 1 N–H and O–H groups in total. The minimum atomic E-state index is 0. The van der Waals surface area contributed by atoms with Crippen LogP contribution in [-0.4, -0.2) is 25.2 Å². The average molecular weight is 223 g/mol. The number of nitrogens with zero attached hydrogens (tertiary/aromatic N) is 2. The van der Waals surface area contributed by atoms with Crippen LogP contribution < -0.4 is 0 Å². The van der Waals surface area contributed by atoms with Crippen LogP contribution in [0.4, 0.5) is 0 Å². The van der Waals surface area contributed by atoms with Gasteiger partial charge in [-0.05, 0) is 24.3 Å². The van der Waals surface area contributed by atoms with Gasteiger partial charge in [0.1, 0.15) is 11.3 Å². The third-order valence-electron chi connectivity index (χ3n) is 2.28. The minimum Gasteiger partial charge on any atom is -1.00 e. The Balaban J connectivity index is 0.00000108. The van der Waals surface area contributed by atoms with Crippen molar-refractivity contribution in [2.75, 3.05) is 0 Å². The standard InChI is InChI=1S/C12H8N2O2.Be.2H/c15-9-5-3-7-13-11(9)12-14-8-4-1-2-6-10(8)16-12;;;/h1-7,15H;;;/q;+2;2*-1. The minimum absolute atomic E-state index is 0. The van der Waals surface area contributed by atoms with Gasteiger partial charge in [-0.2, -0.15) is 0 Å². The van der Waals surface area contributed by atoms with Crippen LogP contribution in [0.25, 0.3) is 22.7 Å². The number of hydrogen-bond donors (Lipinski definition) is 1. The van der Waals surface area contributed by atoms with Gasteiger partial charge in [-0.3, -0.25) is 0 Å². The fourth-order valence-electron chi connectivity index (χ4n) is 1.54. The van der Waals surface area contributed by atoms with Crippen molar-refractivity contribution in [2.45, 2.75) is 0 Å². The SMILES string of the molecule is Oc1cccnc1-c1nc2ccccc2o1.[Be+2].[H-].[H-]. The van der Waals surface area contributed by atoms with Gasteiger partial charge in [0.05, 0.1) is 0 Å². The Bertz CT molecular complexity index is 628. The molecule has 0 saturated heterocycles. The molecule has 5 heteroatoms. The fraction of sp³-hybridized carbons (Fsp3) is 0. The van der Waals surface area contributed by atoms with Crippen molar-refractivity contribution in [3.63, 3.8) is 0 Å². The van der Waals surface area contributed by atoms with Gasteiger partial charge in [0.2, 0.25) is 5.89 Å². The molecular formula is C12H10BeN2O2. The van der Waals surface area contributed by atoms with Crippen molar-refractivity contribution in [1.82, 2.24) is 9.97 Å². The second-order valence-electron chi connectivity index (χ2n) is 3.36. The van der Waals surface area contributed by atoms with Crippen LogP contribution in [0.15, 0.2) is 47.0 Å². The molecular weight excluding hydrogens is 213 g/mol. The molecule has 0 aliphatic carbocycles. The molecule has 0 radical (unpaired) electrons. The number of oxazole rings is 1. The Hall–Kier alpha value is -2.19.